The first kappa shape index (κ1) is 11.6. The zero-order chi connectivity index (χ0) is 12.8. The van der Waals surface area contributed by atoms with Crippen LogP contribution in [0, 0.1) is 0 Å². The second kappa shape index (κ2) is 4.02. The largest absolute Gasteiger partial charge is 0.481 e. The molecule has 1 heterocycles. The average molecular weight is 264 g/mol. The molecule has 0 aliphatic heterocycles. The van der Waals surface area contributed by atoms with E-state index in [1.165, 1.54) is 0 Å². The molecule has 94 valence electrons. The fraction of sp³-hybridized carbons (Fsp3) is 0.357. The number of aliphatic carboxylic acids is 1. The third kappa shape index (κ3) is 1.54. The third-order valence-electron chi connectivity index (χ3n) is 4.02. The number of carboxylic acid groups (broad SMARTS) is 1. The Morgan fingerprint density at radius 1 is 1.33 bits per heavy atom. The number of hydrogen-bond acceptors (Lipinski definition) is 1. The van der Waals surface area contributed by atoms with E-state index >= 15 is 0 Å². The maximum Gasteiger partial charge on any atom is 0.314 e. The summed E-state index contributed by atoms with van der Waals surface area (Å²) in [5.74, 6) is -0.757. The molecule has 0 saturated heterocycles. The second-order valence-corrected chi connectivity index (χ2v) is 5.40. The third-order valence-corrected chi connectivity index (χ3v) is 4.34. The van der Waals surface area contributed by atoms with Crippen LogP contribution in [0.3, 0.4) is 0 Å². The molecule has 1 saturated carbocycles. The van der Waals surface area contributed by atoms with Gasteiger partial charge in [-0.15, -0.1) is 0 Å². The van der Waals surface area contributed by atoms with Crippen LogP contribution < -0.4 is 0 Å². The molecule has 0 bridgehead atoms. The molecule has 4 heteroatoms. The van der Waals surface area contributed by atoms with Crippen molar-refractivity contribution >= 4 is 28.5 Å². The van der Waals surface area contributed by atoms with Gasteiger partial charge in [-0.3, -0.25) is 4.79 Å². The summed E-state index contributed by atoms with van der Waals surface area (Å²) in [6.07, 6.45) is 5.09. The normalized spacial score (nSPS) is 18.3. The molecule has 3 rings (SSSR count). The van der Waals surface area contributed by atoms with Crippen LogP contribution in [0.4, 0.5) is 0 Å². The second-order valence-electron chi connectivity index (χ2n) is 4.99. The molecule has 0 atom stereocenters. The lowest BCUT2D eigenvalue weighted by Crippen LogP contribution is -2.32. The van der Waals surface area contributed by atoms with E-state index in [9.17, 15) is 9.90 Å². The van der Waals surface area contributed by atoms with Gasteiger partial charge in [-0.2, -0.15) is 0 Å². The fourth-order valence-electron chi connectivity index (χ4n) is 3.02. The molecule has 0 amide bonds. The monoisotopic (exact) mass is 263 g/mol. The van der Waals surface area contributed by atoms with Crippen molar-refractivity contribution in [3.63, 3.8) is 0 Å². The molecule has 2 aromatic rings. The first-order chi connectivity index (χ1) is 8.63. The molecule has 0 radical (unpaired) electrons. The Hall–Kier alpha value is -1.48. The van der Waals surface area contributed by atoms with Gasteiger partial charge in [-0.05, 0) is 36.6 Å². The van der Waals surface area contributed by atoms with Crippen molar-refractivity contribution in [1.29, 1.82) is 0 Å². The van der Waals surface area contributed by atoms with Gasteiger partial charge >= 0.3 is 5.97 Å². The molecule has 1 aliphatic carbocycles. The molecular weight excluding hydrogens is 250 g/mol. The van der Waals surface area contributed by atoms with Crippen molar-refractivity contribution in [3.05, 3.63) is 35.0 Å². The van der Waals surface area contributed by atoms with Gasteiger partial charge in [-0.25, -0.2) is 0 Å². The minimum absolute atomic E-state index is 0.561. The van der Waals surface area contributed by atoms with Crippen LogP contribution in [0.25, 0.3) is 10.9 Å². The maximum atomic E-state index is 11.7. The first-order valence-electron chi connectivity index (χ1n) is 6.14. The summed E-state index contributed by atoms with van der Waals surface area (Å²) >= 11 is 6.30. The minimum atomic E-state index is -0.795. The number of aromatic nitrogens is 1. The summed E-state index contributed by atoms with van der Waals surface area (Å²) in [5.41, 5.74) is 0.905. The number of halogens is 1. The van der Waals surface area contributed by atoms with E-state index in [2.05, 4.69) is 4.98 Å². The maximum absolute atomic E-state index is 11.7. The van der Waals surface area contributed by atoms with E-state index in [1.807, 2.05) is 24.4 Å². The standard InChI is InChI=1S/C14H14ClNO2/c15-11-7-9-3-6-16-12(9)8-10(11)14(13(17)18)4-1-2-5-14/h3,6-8,16H,1-2,4-5H2,(H,17,18). The number of carboxylic acids is 1. The quantitative estimate of drug-likeness (QED) is 0.868. The van der Waals surface area contributed by atoms with E-state index in [-0.39, 0.29) is 0 Å². The van der Waals surface area contributed by atoms with E-state index < -0.39 is 11.4 Å². The summed E-state index contributed by atoms with van der Waals surface area (Å²) in [6.45, 7) is 0. The Morgan fingerprint density at radius 3 is 2.72 bits per heavy atom. The number of rotatable bonds is 2. The SMILES string of the molecule is O=C(O)C1(c2cc3[nH]ccc3cc2Cl)CCCC1. The number of fused-ring (bicyclic) bond motifs is 1. The molecule has 1 aromatic carbocycles. The number of hydrogen-bond donors (Lipinski definition) is 2. The summed E-state index contributed by atoms with van der Waals surface area (Å²) in [4.78, 5) is 14.8. The van der Waals surface area contributed by atoms with E-state index in [4.69, 9.17) is 11.6 Å². The number of aromatic amines is 1. The number of H-pyrrole nitrogens is 1. The molecule has 3 nitrogen and oxygen atoms in total. The Labute approximate surface area is 110 Å². The van der Waals surface area contributed by atoms with Gasteiger partial charge in [0, 0.05) is 22.1 Å². The average Bonchev–Trinajstić information content (AvgIpc) is 2.95. The van der Waals surface area contributed by atoms with Crippen LogP contribution in [0.15, 0.2) is 24.4 Å². The topological polar surface area (TPSA) is 53.1 Å². The highest BCUT2D eigenvalue weighted by molar-refractivity contribution is 6.32. The molecule has 0 unspecified atom stereocenters. The molecular formula is C14H14ClNO2. The lowest BCUT2D eigenvalue weighted by Gasteiger charge is -2.25. The number of nitrogens with one attached hydrogen (secondary N) is 1. The van der Waals surface area contributed by atoms with Crippen molar-refractivity contribution in [2.45, 2.75) is 31.1 Å². The van der Waals surface area contributed by atoms with Gasteiger partial charge in [0.15, 0.2) is 0 Å². The smallest absolute Gasteiger partial charge is 0.314 e. The van der Waals surface area contributed by atoms with Crippen LogP contribution in [0.5, 0.6) is 0 Å². The molecule has 1 aliphatic rings. The van der Waals surface area contributed by atoms with Gasteiger partial charge in [0.05, 0.1) is 5.41 Å². The summed E-state index contributed by atoms with van der Waals surface area (Å²) in [5, 5.41) is 11.2. The summed E-state index contributed by atoms with van der Waals surface area (Å²) < 4.78 is 0. The molecule has 2 N–H and O–H groups in total. The number of benzene rings is 1. The summed E-state index contributed by atoms with van der Waals surface area (Å²) in [7, 11) is 0. The highest BCUT2D eigenvalue weighted by Gasteiger charge is 2.44. The van der Waals surface area contributed by atoms with Crippen LogP contribution in [0.1, 0.15) is 31.2 Å². The molecule has 18 heavy (non-hydrogen) atoms. The number of carbonyl (C=O) groups is 1. The van der Waals surface area contributed by atoms with E-state index in [0.29, 0.717) is 17.9 Å². The Morgan fingerprint density at radius 2 is 2.06 bits per heavy atom. The molecule has 1 fully saturated rings. The van der Waals surface area contributed by atoms with Crippen LogP contribution in [0.2, 0.25) is 5.02 Å². The van der Waals surface area contributed by atoms with Gasteiger partial charge < -0.3 is 10.1 Å². The Balaban J connectivity index is 2.22. The predicted molar refractivity (Wildman–Crippen MR) is 71.1 cm³/mol. The lowest BCUT2D eigenvalue weighted by atomic mass is 9.78. The predicted octanol–water partition coefficient (Wildman–Crippen LogP) is 3.72. The Bertz CT molecular complexity index is 611. The highest BCUT2D eigenvalue weighted by atomic mass is 35.5. The van der Waals surface area contributed by atoms with Crippen molar-refractivity contribution < 1.29 is 9.90 Å². The van der Waals surface area contributed by atoms with Crippen LogP contribution in [-0.4, -0.2) is 16.1 Å². The van der Waals surface area contributed by atoms with Crippen molar-refractivity contribution in [1.82, 2.24) is 4.98 Å². The fourth-order valence-corrected chi connectivity index (χ4v) is 3.37. The summed E-state index contributed by atoms with van der Waals surface area (Å²) in [6, 6.07) is 5.69. The minimum Gasteiger partial charge on any atom is -0.481 e. The zero-order valence-corrected chi connectivity index (χ0v) is 10.6. The van der Waals surface area contributed by atoms with Crippen LogP contribution >= 0.6 is 11.6 Å². The van der Waals surface area contributed by atoms with Crippen molar-refractivity contribution in [2.75, 3.05) is 0 Å². The van der Waals surface area contributed by atoms with Gasteiger partial charge in [-0.1, -0.05) is 24.4 Å². The molecule has 0 spiro atoms. The van der Waals surface area contributed by atoms with Gasteiger partial charge in [0.2, 0.25) is 0 Å². The van der Waals surface area contributed by atoms with Crippen LogP contribution in [-0.2, 0) is 10.2 Å². The van der Waals surface area contributed by atoms with Gasteiger partial charge in [0.1, 0.15) is 0 Å². The van der Waals surface area contributed by atoms with E-state index in [0.717, 1.165) is 29.3 Å². The Kier molecular flexibility index (Phi) is 2.59. The van der Waals surface area contributed by atoms with Crippen molar-refractivity contribution in [2.24, 2.45) is 0 Å². The van der Waals surface area contributed by atoms with Crippen molar-refractivity contribution in [3.8, 4) is 0 Å². The highest BCUT2D eigenvalue weighted by Crippen LogP contribution is 2.45. The first-order valence-corrected chi connectivity index (χ1v) is 6.52. The zero-order valence-electron chi connectivity index (χ0n) is 9.87. The van der Waals surface area contributed by atoms with Gasteiger partial charge in [0.25, 0.3) is 0 Å². The van der Waals surface area contributed by atoms with E-state index in [1.54, 1.807) is 0 Å². The lowest BCUT2D eigenvalue weighted by molar-refractivity contribution is -0.143. The molecule has 1 aromatic heterocycles.